The van der Waals surface area contributed by atoms with E-state index in [4.69, 9.17) is 5.53 Å². The average Bonchev–Trinajstić information content (AvgIpc) is 2.40. The van der Waals surface area contributed by atoms with E-state index in [0.29, 0.717) is 11.3 Å². The van der Waals surface area contributed by atoms with E-state index in [9.17, 15) is 4.39 Å². The topological polar surface area (TPSA) is 48.8 Å². The Morgan fingerprint density at radius 3 is 2.56 bits per heavy atom. The summed E-state index contributed by atoms with van der Waals surface area (Å²) in [6.07, 6.45) is 3.56. The molecule has 0 unspecified atom stereocenters. The second kappa shape index (κ2) is 5.66. The standard InChI is InChI=1S/C14H10FN3/c15-13-8-9-14(17-18-16)12(10-13)7-6-11-4-2-1-3-5-11/h1-10H/b7-6+. The van der Waals surface area contributed by atoms with Gasteiger partial charge in [0.05, 0.1) is 0 Å². The van der Waals surface area contributed by atoms with Crippen LogP contribution in [-0.4, -0.2) is 0 Å². The summed E-state index contributed by atoms with van der Waals surface area (Å²) >= 11 is 0. The van der Waals surface area contributed by atoms with Gasteiger partial charge in [-0.1, -0.05) is 47.6 Å². The molecule has 0 atom stereocenters. The van der Waals surface area contributed by atoms with E-state index in [2.05, 4.69) is 10.0 Å². The number of hydrogen-bond donors (Lipinski definition) is 0. The van der Waals surface area contributed by atoms with Crippen molar-refractivity contribution in [2.24, 2.45) is 5.11 Å². The number of benzene rings is 2. The third kappa shape index (κ3) is 2.97. The van der Waals surface area contributed by atoms with Crippen LogP contribution in [0.4, 0.5) is 10.1 Å². The number of nitrogens with zero attached hydrogens (tertiary/aromatic N) is 3. The lowest BCUT2D eigenvalue weighted by Crippen LogP contribution is -1.78. The first-order valence-corrected chi connectivity index (χ1v) is 5.37. The maximum Gasteiger partial charge on any atom is 0.123 e. The predicted molar refractivity (Wildman–Crippen MR) is 70.6 cm³/mol. The van der Waals surface area contributed by atoms with Crippen LogP contribution >= 0.6 is 0 Å². The van der Waals surface area contributed by atoms with Crippen LogP contribution in [0.2, 0.25) is 0 Å². The van der Waals surface area contributed by atoms with Crippen LogP contribution in [0.25, 0.3) is 22.6 Å². The van der Waals surface area contributed by atoms with Crippen molar-refractivity contribution >= 4 is 17.8 Å². The molecular weight excluding hydrogens is 229 g/mol. The number of hydrogen-bond acceptors (Lipinski definition) is 1. The maximum absolute atomic E-state index is 13.1. The molecule has 3 nitrogen and oxygen atoms in total. The molecule has 0 aliphatic rings. The molecule has 0 spiro atoms. The van der Waals surface area contributed by atoms with Crippen molar-refractivity contribution in [1.82, 2.24) is 0 Å². The normalized spacial score (nSPS) is 10.3. The molecule has 2 rings (SSSR count). The first-order valence-electron chi connectivity index (χ1n) is 5.37. The summed E-state index contributed by atoms with van der Waals surface area (Å²) in [6, 6.07) is 13.7. The molecule has 0 radical (unpaired) electrons. The molecule has 2 aromatic carbocycles. The highest BCUT2D eigenvalue weighted by Gasteiger charge is 1.99. The molecule has 0 bridgehead atoms. The zero-order valence-corrected chi connectivity index (χ0v) is 9.49. The van der Waals surface area contributed by atoms with Crippen molar-refractivity contribution in [3.8, 4) is 0 Å². The van der Waals surface area contributed by atoms with E-state index in [0.717, 1.165) is 5.56 Å². The lowest BCUT2D eigenvalue weighted by molar-refractivity contribution is 0.627. The Hall–Kier alpha value is -2.58. The smallest absolute Gasteiger partial charge is 0.123 e. The lowest BCUT2D eigenvalue weighted by Gasteiger charge is -1.99. The minimum Gasteiger partial charge on any atom is -0.207 e. The first-order chi connectivity index (χ1) is 8.79. The van der Waals surface area contributed by atoms with Crippen molar-refractivity contribution in [2.75, 3.05) is 0 Å². The molecular formula is C14H10FN3. The molecule has 0 fully saturated rings. The second-order valence-corrected chi connectivity index (χ2v) is 3.64. The van der Waals surface area contributed by atoms with Gasteiger partial charge < -0.3 is 0 Å². The highest BCUT2D eigenvalue weighted by atomic mass is 19.1. The Kier molecular flexibility index (Phi) is 3.74. The monoisotopic (exact) mass is 239 g/mol. The van der Waals surface area contributed by atoms with Crippen LogP contribution in [0.3, 0.4) is 0 Å². The SMILES string of the molecule is [N-]=[N+]=Nc1ccc(F)cc1/C=C/c1ccccc1. The molecule has 0 amide bonds. The lowest BCUT2D eigenvalue weighted by atomic mass is 10.1. The van der Waals surface area contributed by atoms with Crippen molar-refractivity contribution in [1.29, 1.82) is 0 Å². The van der Waals surface area contributed by atoms with E-state index in [1.807, 2.05) is 36.4 Å². The van der Waals surface area contributed by atoms with Gasteiger partial charge in [0.1, 0.15) is 5.82 Å². The summed E-state index contributed by atoms with van der Waals surface area (Å²) in [5, 5.41) is 3.52. The Morgan fingerprint density at radius 1 is 1.06 bits per heavy atom. The molecule has 88 valence electrons. The molecule has 0 aliphatic carbocycles. The fourth-order valence-corrected chi connectivity index (χ4v) is 1.55. The molecule has 0 N–H and O–H groups in total. The quantitative estimate of drug-likeness (QED) is 0.315. The number of rotatable bonds is 3. The minimum atomic E-state index is -0.361. The van der Waals surface area contributed by atoms with Gasteiger partial charge in [-0.3, -0.25) is 0 Å². The summed E-state index contributed by atoms with van der Waals surface area (Å²) in [5.41, 5.74) is 10.4. The molecule has 4 heteroatoms. The number of halogens is 1. The highest BCUT2D eigenvalue weighted by molar-refractivity contribution is 5.75. The second-order valence-electron chi connectivity index (χ2n) is 3.64. The van der Waals surface area contributed by atoms with Gasteiger partial charge >= 0.3 is 0 Å². The summed E-state index contributed by atoms with van der Waals surface area (Å²) in [5.74, 6) is -0.361. The summed E-state index contributed by atoms with van der Waals surface area (Å²) < 4.78 is 13.1. The van der Waals surface area contributed by atoms with E-state index in [-0.39, 0.29) is 5.82 Å². The van der Waals surface area contributed by atoms with Gasteiger partial charge in [-0.25, -0.2) is 4.39 Å². The zero-order valence-electron chi connectivity index (χ0n) is 9.49. The van der Waals surface area contributed by atoms with Crippen LogP contribution in [-0.2, 0) is 0 Å². The minimum absolute atomic E-state index is 0.361. The molecule has 2 aromatic rings. The van der Waals surface area contributed by atoms with Gasteiger partial charge in [0.2, 0.25) is 0 Å². The van der Waals surface area contributed by atoms with Crippen molar-refractivity contribution in [3.05, 3.63) is 75.9 Å². The van der Waals surface area contributed by atoms with Crippen LogP contribution in [0.1, 0.15) is 11.1 Å². The van der Waals surface area contributed by atoms with Gasteiger partial charge in [0.25, 0.3) is 0 Å². The molecule has 0 heterocycles. The molecule has 0 aromatic heterocycles. The molecule has 0 aliphatic heterocycles. The van der Waals surface area contributed by atoms with E-state index in [1.54, 1.807) is 6.08 Å². The van der Waals surface area contributed by atoms with Crippen molar-refractivity contribution in [3.63, 3.8) is 0 Å². The maximum atomic E-state index is 13.1. The summed E-state index contributed by atoms with van der Waals surface area (Å²) in [6.45, 7) is 0. The third-order valence-electron chi connectivity index (χ3n) is 2.40. The molecule has 18 heavy (non-hydrogen) atoms. The Bertz CT molecular complexity index is 614. The van der Waals surface area contributed by atoms with E-state index in [1.165, 1.54) is 18.2 Å². The van der Waals surface area contributed by atoms with Crippen LogP contribution in [0.15, 0.2) is 53.6 Å². The first kappa shape index (κ1) is 11.9. The largest absolute Gasteiger partial charge is 0.207 e. The highest BCUT2D eigenvalue weighted by Crippen LogP contribution is 2.22. The van der Waals surface area contributed by atoms with E-state index < -0.39 is 0 Å². The Morgan fingerprint density at radius 2 is 1.83 bits per heavy atom. The van der Waals surface area contributed by atoms with Crippen molar-refractivity contribution < 1.29 is 4.39 Å². The fraction of sp³-hybridized carbons (Fsp3) is 0. The fourth-order valence-electron chi connectivity index (χ4n) is 1.55. The summed E-state index contributed by atoms with van der Waals surface area (Å²) in [7, 11) is 0. The average molecular weight is 239 g/mol. The van der Waals surface area contributed by atoms with Crippen LogP contribution < -0.4 is 0 Å². The van der Waals surface area contributed by atoms with Crippen LogP contribution in [0.5, 0.6) is 0 Å². The zero-order chi connectivity index (χ0) is 12.8. The number of azide groups is 1. The molecule has 0 saturated carbocycles. The van der Waals surface area contributed by atoms with Gasteiger partial charge in [-0.2, -0.15) is 0 Å². The Balaban J connectivity index is 2.36. The van der Waals surface area contributed by atoms with Crippen molar-refractivity contribution in [2.45, 2.75) is 0 Å². The predicted octanol–water partition coefficient (Wildman–Crippen LogP) is 4.94. The van der Waals surface area contributed by atoms with Gasteiger partial charge in [0, 0.05) is 10.6 Å². The van der Waals surface area contributed by atoms with Gasteiger partial charge in [-0.05, 0) is 34.9 Å². The summed E-state index contributed by atoms with van der Waals surface area (Å²) in [4.78, 5) is 2.72. The molecule has 0 saturated heterocycles. The Labute approximate surface area is 104 Å². The van der Waals surface area contributed by atoms with E-state index >= 15 is 0 Å². The third-order valence-corrected chi connectivity index (χ3v) is 2.40. The van der Waals surface area contributed by atoms with Gasteiger partial charge in [0.15, 0.2) is 0 Å². The van der Waals surface area contributed by atoms with Crippen LogP contribution in [0, 0.1) is 5.82 Å². The van der Waals surface area contributed by atoms with Gasteiger partial charge in [-0.15, -0.1) is 0 Å².